The third kappa shape index (κ3) is 3.80. The topological polar surface area (TPSA) is 59.5 Å². The SMILES string of the molecule is CC(C(=O)c1cnsc1)N(C)C(=O)OC(C)(C)C. The fourth-order valence-corrected chi connectivity index (χ4v) is 1.76. The van der Waals surface area contributed by atoms with Gasteiger partial charge in [0, 0.05) is 12.4 Å². The van der Waals surface area contributed by atoms with Crippen LogP contribution in [0.5, 0.6) is 0 Å². The van der Waals surface area contributed by atoms with Gasteiger partial charge in [0.1, 0.15) is 5.60 Å². The van der Waals surface area contributed by atoms with Gasteiger partial charge >= 0.3 is 6.09 Å². The van der Waals surface area contributed by atoms with Crippen LogP contribution in [-0.4, -0.2) is 39.8 Å². The second-order valence-corrected chi connectivity index (χ2v) is 5.70. The largest absolute Gasteiger partial charge is 0.444 e. The highest BCUT2D eigenvalue weighted by molar-refractivity contribution is 7.03. The van der Waals surface area contributed by atoms with E-state index < -0.39 is 17.7 Å². The number of nitrogens with zero attached hydrogens (tertiary/aromatic N) is 2. The maximum absolute atomic E-state index is 12.0. The molecule has 5 nitrogen and oxygen atoms in total. The van der Waals surface area contributed by atoms with Crippen LogP contribution >= 0.6 is 11.5 Å². The molecule has 0 saturated heterocycles. The molecule has 18 heavy (non-hydrogen) atoms. The van der Waals surface area contributed by atoms with Gasteiger partial charge < -0.3 is 9.64 Å². The molecule has 0 aliphatic carbocycles. The first-order chi connectivity index (χ1) is 8.22. The maximum atomic E-state index is 12.0. The van der Waals surface area contributed by atoms with E-state index in [2.05, 4.69) is 4.37 Å². The molecular formula is C12H18N2O3S. The van der Waals surface area contributed by atoms with E-state index in [0.717, 1.165) is 0 Å². The fourth-order valence-electron chi connectivity index (χ4n) is 1.24. The van der Waals surface area contributed by atoms with Crippen molar-refractivity contribution in [2.45, 2.75) is 39.3 Å². The lowest BCUT2D eigenvalue weighted by Crippen LogP contribution is -2.43. The van der Waals surface area contributed by atoms with Gasteiger partial charge in [-0.1, -0.05) is 0 Å². The first-order valence-corrected chi connectivity index (χ1v) is 6.45. The molecule has 0 aliphatic heterocycles. The Hall–Kier alpha value is -1.43. The monoisotopic (exact) mass is 270 g/mol. The number of hydrogen-bond donors (Lipinski definition) is 0. The van der Waals surface area contributed by atoms with Gasteiger partial charge in [0.25, 0.3) is 0 Å². The summed E-state index contributed by atoms with van der Waals surface area (Å²) in [5.41, 5.74) is -0.0548. The van der Waals surface area contributed by atoms with E-state index in [1.165, 1.54) is 22.6 Å². The van der Waals surface area contributed by atoms with Gasteiger partial charge in [-0.15, -0.1) is 0 Å². The summed E-state index contributed by atoms with van der Waals surface area (Å²) in [5, 5.41) is 1.67. The van der Waals surface area contributed by atoms with Crippen molar-refractivity contribution in [3.8, 4) is 0 Å². The second kappa shape index (κ2) is 5.48. The average molecular weight is 270 g/mol. The van der Waals surface area contributed by atoms with Crippen LogP contribution in [0.3, 0.4) is 0 Å². The minimum absolute atomic E-state index is 0.142. The lowest BCUT2D eigenvalue weighted by atomic mass is 10.1. The lowest BCUT2D eigenvalue weighted by molar-refractivity contribution is 0.0231. The Bertz CT molecular complexity index is 423. The number of ketones is 1. The van der Waals surface area contributed by atoms with Crippen LogP contribution in [0.4, 0.5) is 4.79 Å². The van der Waals surface area contributed by atoms with Gasteiger partial charge in [-0.25, -0.2) is 9.17 Å². The summed E-state index contributed by atoms with van der Waals surface area (Å²) in [5.74, 6) is -0.142. The summed E-state index contributed by atoms with van der Waals surface area (Å²) in [7, 11) is 1.55. The molecule has 1 aromatic rings. The summed E-state index contributed by atoms with van der Waals surface area (Å²) in [6.07, 6.45) is 0.999. The van der Waals surface area contributed by atoms with Gasteiger partial charge in [-0.3, -0.25) is 4.79 Å². The number of carbonyl (C=O) groups is 2. The Morgan fingerprint density at radius 2 is 2.06 bits per heavy atom. The fraction of sp³-hybridized carbons (Fsp3) is 0.583. The molecule has 1 aromatic heterocycles. The Morgan fingerprint density at radius 3 is 2.50 bits per heavy atom. The van der Waals surface area contributed by atoms with Crippen molar-refractivity contribution in [3.63, 3.8) is 0 Å². The Morgan fingerprint density at radius 1 is 1.44 bits per heavy atom. The highest BCUT2D eigenvalue weighted by Crippen LogP contribution is 2.13. The molecule has 6 heteroatoms. The van der Waals surface area contributed by atoms with E-state index in [-0.39, 0.29) is 5.78 Å². The zero-order chi connectivity index (χ0) is 13.9. The quantitative estimate of drug-likeness (QED) is 0.792. The summed E-state index contributed by atoms with van der Waals surface area (Å²) in [6.45, 7) is 7.03. The van der Waals surface area contributed by atoms with E-state index in [1.54, 1.807) is 40.1 Å². The van der Waals surface area contributed by atoms with E-state index >= 15 is 0 Å². The van der Waals surface area contributed by atoms with Crippen LogP contribution < -0.4 is 0 Å². The van der Waals surface area contributed by atoms with Gasteiger partial charge in [-0.05, 0) is 39.2 Å². The standard InChI is InChI=1S/C12H18N2O3S/c1-8(10(15)9-6-13-18-7-9)14(5)11(16)17-12(2,3)4/h6-8H,1-5H3. The molecule has 0 radical (unpaired) electrons. The van der Waals surface area contributed by atoms with E-state index in [4.69, 9.17) is 4.74 Å². The molecular weight excluding hydrogens is 252 g/mol. The van der Waals surface area contributed by atoms with Crippen LogP contribution in [0.1, 0.15) is 38.1 Å². The van der Waals surface area contributed by atoms with Crippen molar-refractivity contribution >= 4 is 23.4 Å². The molecule has 1 heterocycles. The number of aromatic nitrogens is 1. The lowest BCUT2D eigenvalue weighted by Gasteiger charge is -2.27. The number of ether oxygens (including phenoxy) is 1. The smallest absolute Gasteiger partial charge is 0.410 e. The number of likely N-dealkylation sites (N-methyl/N-ethyl adjacent to an activating group) is 1. The minimum Gasteiger partial charge on any atom is -0.444 e. The molecule has 1 rings (SSSR count). The zero-order valence-corrected chi connectivity index (χ0v) is 12.1. The van der Waals surface area contributed by atoms with Crippen LogP contribution in [0.2, 0.25) is 0 Å². The van der Waals surface area contributed by atoms with Gasteiger partial charge in [0.05, 0.1) is 17.8 Å². The summed E-state index contributed by atoms with van der Waals surface area (Å²) in [6, 6.07) is -0.573. The molecule has 0 fully saturated rings. The van der Waals surface area contributed by atoms with Crippen LogP contribution in [0.15, 0.2) is 11.6 Å². The molecule has 0 bridgehead atoms. The highest BCUT2D eigenvalue weighted by atomic mass is 32.1. The van der Waals surface area contributed by atoms with Crippen LogP contribution in [0, 0.1) is 0 Å². The molecule has 0 saturated carbocycles. The predicted molar refractivity (Wildman–Crippen MR) is 69.9 cm³/mol. The predicted octanol–water partition coefficient (Wildman–Crippen LogP) is 2.58. The molecule has 1 unspecified atom stereocenters. The third-order valence-electron chi connectivity index (χ3n) is 2.36. The van der Waals surface area contributed by atoms with E-state index in [1.807, 2.05) is 0 Å². The number of hydrogen-bond acceptors (Lipinski definition) is 5. The number of rotatable bonds is 3. The summed E-state index contributed by atoms with van der Waals surface area (Å²) >= 11 is 1.21. The summed E-state index contributed by atoms with van der Waals surface area (Å²) < 4.78 is 9.09. The first-order valence-electron chi connectivity index (χ1n) is 5.62. The second-order valence-electron chi connectivity index (χ2n) is 5.04. The Kier molecular flexibility index (Phi) is 4.45. The summed E-state index contributed by atoms with van der Waals surface area (Å²) in [4.78, 5) is 25.1. The zero-order valence-electron chi connectivity index (χ0n) is 11.3. The first kappa shape index (κ1) is 14.6. The maximum Gasteiger partial charge on any atom is 0.410 e. The molecule has 0 aromatic carbocycles. The average Bonchev–Trinajstić information content (AvgIpc) is 2.77. The minimum atomic E-state index is -0.573. The van der Waals surface area contributed by atoms with Gasteiger partial charge in [0.15, 0.2) is 5.78 Å². The van der Waals surface area contributed by atoms with Gasteiger partial charge in [-0.2, -0.15) is 0 Å². The Balaban J connectivity index is 2.69. The van der Waals surface area contributed by atoms with Crippen molar-refractivity contribution in [1.29, 1.82) is 0 Å². The van der Waals surface area contributed by atoms with E-state index in [9.17, 15) is 9.59 Å². The molecule has 0 N–H and O–H groups in total. The number of carbonyl (C=O) groups excluding carboxylic acids is 2. The number of Topliss-reactive ketones (excluding diaryl/α,β-unsaturated/α-hetero) is 1. The molecule has 0 aliphatic rings. The highest BCUT2D eigenvalue weighted by Gasteiger charge is 2.27. The van der Waals surface area contributed by atoms with Crippen LogP contribution in [-0.2, 0) is 4.74 Å². The van der Waals surface area contributed by atoms with Crippen LogP contribution in [0.25, 0.3) is 0 Å². The number of amides is 1. The van der Waals surface area contributed by atoms with Crippen molar-refractivity contribution < 1.29 is 14.3 Å². The molecule has 1 atom stereocenters. The molecule has 100 valence electrons. The third-order valence-corrected chi connectivity index (χ3v) is 2.95. The van der Waals surface area contributed by atoms with Gasteiger partial charge in [0.2, 0.25) is 0 Å². The molecule has 0 spiro atoms. The molecule has 1 amide bonds. The van der Waals surface area contributed by atoms with Crippen molar-refractivity contribution in [2.24, 2.45) is 0 Å². The Labute approximate surface area is 111 Å². The van der Waals surface area contributed by atoms with Crippen molar-refractivity contribution in [2.75, 3.05) is 7.05 Å². The van der Waals surface area contributed by atoms with E-state index in [0.29, 0.717) is 5.56 Å². The normalized spacial score (nSPS) is 12.9. The van der Waals surface area contributed by atoms with Crippen molar-refractivity contribution in [1.82, 2.24) is 9.27 Å². The van der Waals surface area contributed by atoms with Crippen molar-refractivity contribution in [3.05, 3.63) is 17.1 Å².